The lowest BCUT2D eigenvalue weighted by molar-refractivity contribution is 0.653. The Kier molecular flexibility index (Phi) is 3.36. The lowest BCUT2D eigenvalue weighted by atomic mass is 10.4. The highest BCUT2D eigenvalue weighted by atomic mass is 35.5. The van der Waals surface area contributed by atoms with E-state index in [1.807, 2.05) is 18.5 Å². The van der Waals surface area contributed by atoms with Crippen molar-refractivity contribution in [2.45, 2.75) is 19.9 Å². The molecule has 2 aromatic rings. The highest BCUT2D eigenvalue weighted by Crippen LogP contribution is 2.18. The van der Waals surface area contributed by atoms with Gasteiger partial charge in [0.15, 0.2) is 10.8 Å². The minimum absolute atomic E-state index is 0.435. The zero-order valence-corrected chi connectivity index (χ0v) is 10.1. The quantitative estimate of drug-likeness (QED) is 0.817. The fraction of sp³-hybridized carbons (Fsp3) is 0.500. The van der Waals surface area contributed by atoms with Gasteiger partial charge in [0.25, 0.3) is 0 Å². The second kappa shape index (κ2) is 4.76. The van der Waals surface area contributed by atoms with Gasteiger partial charge in [-0.1, -0.05) is 18.5 Å². The van der Waals surface area contributed by atoms with E-state index >= 15 is 0 Å². The van der Waals surface area contributed by atoms with Gasteiger partial charge in [-0.3, -0.25) is 0 Å². The first-order valence-electron chi connectivity index (χ1n) is 5.28. The van der Waals surface area contributed by atoms with Gasteiger partial charge >= 0.3 is 0 Å². The minimum Gasteiger partial charge on any atom is -0.318 e. The van der Waals surface area contributed by atoms with Crippen LogP contribution in [0.2, 0.25) is 5.15 Å². The molecule has 0 bridgehead atoms. The number of fused-ring (bicyclic) bond motifs is 1. The van der Waals surface area contributed by atoms with E-state index in [4.69, 9.17) is 11.6 Å². The Hall–Kier alpha value is -1.20. The fourth-order valence-electron chi connectivity index (χ4n) is 1.51. The predicted octanol–water partition coefficient (Wildman–Crippen LogP) is 1.26. The first-order chi connectivity index (χ1) is 7.76. The molecule has 0 aliphatic rings. The molecule has 2 aromatic heterocycles. The van der Waals surface area contributed by atoms with Gasteiger partial charge < -0.3 is 9.88 Å². The van der Waals surface area contributed by atoms with Gasteiger partial charge in [-0.25, -0.2) is 15.0 Å². The number of aryl methyl sites for hydroxylation is 1. The van der Waals surface area contributed by atoms with E-state index in [2.05, 4.69) is 20.3 Å². The third-order valence-corrected chi connectivity index (χ3v) is 2.65. The van der Waals surface area contributed by atoms with Gasteiger partial charge in [-0.2, -0.15) is 0 Å². The molecule has 0 atom stereocenters. The molecular weight excluding hydrogens is 226 g/mol. The maximum absolute atomic E-state index is 6.05. The molecule has 0 saturated heterocycles. The number of halogens is 1. The number of nitrogens with one attached hydrogen (secondary N) is 1. The van der Waals surface area contributed by atoms with Crippen LogP contribution >= 0.6 is 11.6 Å². The highest BCUT2D eigenvalue weighted by Gasteiger charge is 2.10. The van der Waals surface area contributed by atoms with Crippen molar-refractivity contribution in [1.82, 2.24) is 24.8 Å². The molecule has 0 unspecified atom stereocenters. The summed E-state index contributed by atoms with van der Waals surface area (Å²) in [5.74, 6) is 0.753. The molecule has 0 spiro atoms. The maximum Gasteiger partial charge on any atom is 0.165 e. The lowest BCUT2D eigenvalue weighted by Gasteiger charge is -2.03. The molecule has 86 valence electrons. The van der Waals surface area contributed by atoms with Crippen molar-refractivity contribution in [2.24, 2.45) is 0 Å². The van der Waals surface area contributed by atoms with Gasteiger partial charge in [0.1, 0.15) is 11.3 Å². The molecule has 0 saturated carbocycles. The third kappa shape index (κ3) is 2.01. The number of hydrogen-bond donors (Lipinski definition) is 1. The maximum atomic E-state index is 6.05. The molecule has 0 radical (unpaired) electrons. The summed E-state index contributed by atoms with van der Waals surface area (Å²) >= 11 is 6.05. The van der Waals surface area contributed by atoms with Crippen LogP contribution in [0.4, 0.5) is 0 Å². The topological polar surface area (TPSA) is 55.6 Å². The minimum atomic E-state index is 0.435. The van der Waals surface area contributed by atoms with Crippen molar-refractivity contribution in [1.29, 1.82) is 0 Å². The van der Waals surface area contributed by atoms with Gasteiger partial charge in [-0.05, 0) is 7.05 Å². The van der Waals surface area contributed by atoms with Gasteiger partial charge in [0.2, 0.25) is 0 Å². The van der Waals surface area contributed by atoms with Crippen molar-refractivity contribution in [3.8, 4) is 0 Å². The van der Waals surface area contributed by atoms with Crippen LogP contribution in [0.5, 0.6) is 0 Å². The molecule has 0 aliphatic heterocycles. The number of imidazole rings is 1. The van der Waals surface area contributed by atoms with Crippen molar-refractivity contribution in [3.63, 3.8) is 0 Å². The predicted molar refractivity (Wildman–Crippen MR) is 63.6 cm³/mol. The Morgan fingerprint density at radius 3 is 2.94 bits per heavy atom. The molecule has 6 heteroatoms. The molecule has 2 heterocycles. The number of likely N-dealkylation sites (N-methyl/N-ethyl adjacent to an activating group) is 1. The van der Waals surface area contributed by atoms with Crippen molar-refractivity contribution < 1.29 is 0 Å². The van der Waals surface area contributed by atoms with Crippen molar-refractivity contribution in [2.75, 3.05) is 13.6 Å². The van der Waals surface area contributed by atoms with Crippen LogP contribution in [-0.2, 0) is 13.0 Å². The monoisotopic (exact) mass is 239 g/mol. The zero-order valence-electron chi connectivity index (χ0n) is 9.37. The van der Waals surface area contributed by atoms with E-state index < -0.39 is 0 Å². The first-order valence-corrected chi connectivity index (χ1v) is 5.66. The summed E-state index contributed by atoms with van der Waals surface area (Å²) in [6.45, 7) is 3.70. The molecule has 0 amide bonds. The summed E-state index contributed by atoms with van der Waals surface area (Å²) in [6, 6.07) is 0. The van der Waals surface area contributed by atoms with Crippen LogP contribution in [-0.4, -0.2) is 33.1 Å². The van der Waals surface area contributed by atoms with Crippen LogP contribution in [0.25, 0.3) is 11.2 Å². The molecule has 16 heavy (non-hydrogen) atoms. The van der Waals surface area contributed by atoms with E-state index in [0.717, 1.165) is 31.0 Å². The Balaban J connectivity index is 2.47. The normalized spacial score (nSPS) is 11.2. The summed E-state index contributed by atoms with van der Waals surface area (Å²) in [5.41, 5.74) is 1.49. The van der Waals surface area contributed by atoms with E-state index in [1.54, 1.807) is 6.33 Å². The summed E-state index contributed by atoms with van der Waals surface area (Å²) in [5, 5.41) is 3.52. The smallest absolute Gasteiger partial charge is 0.165 e. The van der Waals surface area contributed by atoms with Crippen molar-refractivity contribution in [3.05, 3.63) is 17.3 Å². The number of rotatable bonds is 4. The van der Waals surface area contributed by atoms with E-state index in [0.29, 0.717) is 10.7 Å². The standard InChI is InChI=1S/C10H14ClN5/c1-3-7-14-9(11)8-10(15-7)16(6-13-8)5-4-12-2/h6,12H,3-5H2,1-2H3. The van der Waals surface area contributed by atoms with Crippen molar-refractivity contribution >= 4 is 22.8 Å². The SMILES string of the molecule is CCc1nc(Cl)c2ncn(CCNC)c2n1. The highest BCUT2D eigenvalue weighted by molar-refractivity contribution is 6.33. The Labute approximate surface area is 98.9 Å². The molecule has 5 nitrogen and oxygen atoms in total. The Bertz CT molecular complexity index is 493. The summed E-state index contributed by atoms with van der Waals surface area (Å²) < 4.78 is 1.98. The van der Waals surface area contributed by atoms with Crippen LogP contribution in [0, 0.1) is 0 Å². The van der Waals surface area contributed by atoms with Gasteiger partial charge in [-0.15, -0.1) is 0 Å². The van der Waals surface area contributed by atoms with Gasteiger partial charge in [0.05, 0.1) is 6.33 Å². The number of aromatic nitrogens is 4. The molecule has 2 rings (SSSR count). The molecule has 0 aliphatic carbocycles. The lowest BCUT2D eigenvalue weighted by Crippen LogP contribution is -2.14. The number of nitrogens with zero attached hydrogens (tertiary/aromatic N) is 4. The molecule has 0 fully saturated rings. The summed E-state index contributed by atoms with van der Waals surface area (Å²) in [7, 11) is 1.92. The van der Waals surface area contributed by atoms with Gasteiger partial charge in [0, 0.05) is 19.5 Å². The summed E-state index contributed by atoms with van der Waals surface area (Å²) in [6.07, 6.45) is 2.52. The molecule has 1 N–H and O–H groups in total. The van der Waals surface area contributed by atoms with E-state index in [-0.39, 0.29) is 0 Å². The van der Waals surface area contributed by atoms with Crippen LogP contribution in [0.1, 0.15) is 12.7 Å². The first kappa shape index (κ1) is 11.3. The summed E-state index contributed by atoms with van der Waals surface area (Å²) in [4.78, 5) is 12.8. The molecule has 0 aromatic carbocycles. The second-order valence-corrected chi connectivity index (χ2v) is 3.86. The van der Waals surface area contributed by atoms with E-state index in [1.165, 1.54) is 0 Å². The largest absolute Gasteiger partial charge is 0.318 e. The van der Waals surface area contributed by atoms with Crippen LogP contribution in [0.15, 0.2) is 6.33 Å². The molecular formula is C10H14ClN5. The fourth-order valence-corrected chi connectivity index (χ4v) is 1.74. The number of hydrogen-bond acceptors (Lipinski definition) is 4. The Morgan fingerprint density at radius 1 is 1.44 bits per heavy atom. The third-order valence-electron chi connectivity index (χ3n) is 2.39. The zero-order chi connectivity index (χ0) is 11.5. The Morgan fingerprint density at radius 2 is 2.25 bits per heavy atom. The van der Waals surface area contributed by atoms with E-state index in [9.17, 15) is 0 Å². The average molecular weight is 240 g/mol. The van der Waals surface area contributed by atoms with Crippen LogP contribution < -0.4 is 5.32 Å². The second-order valence-electron chi connectivity index (χ2n) is 3.50. The van der Waals surface area contributed by atoms with Crippen LogP contribution in [0.3, 0.4) is 0 Å². The average Bonchev–Trinajstić information content (AvgIpc) is 2.70.